The molecule has 2 bridgehead atoms. The summed E-state index contributed by atoms with van der Waals surface area (Å²) in [6.07, 6.45) is 5.36. The Kier molecular flexibility index (Phi) is 3.24. The van der Waals surface area contributed by atoms with Gasteiger partial charge in [0, 0.05) is 61.8 Å². The van der Waals surface area contributed by atoms with Crippen LogP contribution in [-0.4, -0.2) is 47.0 Å². The second kappa shape index (κ2) is 5.32. The minimum atomic E-state index is -0.135. The van der Waals surface area contributed by atoms with Crippen LogP contribution < -0.4 is 0 Å². The van der Waals surface area contributed by atoms with Crippen molar-refractivity contribution in [3.63, 3.8) is 0 Å². The maximum Gasteiger partial charge on any atom is 0.123 e. The van der Waals surface area contributed by atoms with E-state index in [9.17, 15) is 4.39 Å². The first-order valence-electron chi connectivity index (χ1n) is 9.01. The lowest BCUT2D eigenvalue weighted by molar-refractivity contribution is 0.164. The first-order valence-corrected chi connectivity index (χ1v) is 9.01. The van der Waals surface area contributed by atoms with Crippen molar-refractivity contribution in [2.24, 2.45) is 5.92 Å². The van der Waals surface area contributed by atoms with Crippen molar-refractivity contribution in [1.82, 2.24) is 14.8 Å². The number of nitrogens with zero attached hydrogens (tertiary/aromatic N) is 2. The molecule has 2 fully saturated rings. The predicted octanol–water partition coefficient (Wildman–Crippen LogP) is 3.15. The molecule has 5 rings (SSSR count). The first-order chi connectivity index (χ1) is 11.3. The fourth-order valence-electron chi connectivity index (χ4n) is 5.00. The summed E-state index contributed by atoms with van der Waals surface area (Å²) in [5.41, 5.74) is 3.70. The van der Waals surface area contributed by atoms with Gasteiger partial charge in [0.15, 0.2) is 0 Å². The van der Waals surface area contributed by atoms with E-state index in [2.05, 4.69) is 14.8 Å². The molecular formula is C19H24FN3. The quantitative estimate of drug-likeness (QED) is 0.940. The Hall–Kier alpha value is -1.39. The smallest absolute Gasteiger partial charge is 0.123 e. The Balaban J connectivity index is 1.30. The van der Waals surface area contributed by atoms with Gasteiger partial charge in [0.1, 0.15) is 5.82 Å². The highest BCUT2D eigenvalue weighted by Gasteiger charge is 2.37. The highest BCUT2D eigenvalue weighted by Crippen LogP contribution is 2.37. The molecule has 3 heterocycles. The van der Waals surface area contributed by atoms with Crippen LogP contribution in [0.4, 0.5) is 4.39 Å². The van der Waals surface area contributed by atoms with E-state index in [1.165, 1.54) is 43.6 Å². The Labute approximate surface area is 136 Å². The van der Waals surface area contributed by atoms with E-state index in [1.54, 1.807) is 12.1 Å². The third-order valence-corrected chi connectivity index (χ3v) is 6.24. The van der Waals surface area contributed by atoms with Crippen LogP contribution in [0.3, 0.4) is 0 Å². The number of aromatic amines is 1. The van der Waals surface area contributed by atoms with E-state index >= 15 is 0 Å². The van der Waals surface area contributed by atoms with Crippen LogP contribution >= 0.6 is 0 Å². The summed E-state index contributed by atoms with van der Waals surface area (Å²) in [4.78, 5) is 8.73. The SMILES string of the molecule is Fc1ccc2[nH]c3c(c2c1)CN(CCN1C[C@H]2CC[C@@H]1C2)CC3. The lowest BCUT2D eigenvalue weighted by atomic mass is 10.0. The lowest BCUT2D eigenvalue weighted by Gasteiger charge is -2.32. The Morgan fingerprint density at radius 2 is 2.17 bits per heavy atom. The second-order valence-electron chi connectivity index (χ2n) is 7.63. The van der Waals surface area contributed by atoms with E-state index in [4.69, 9.17) is 0 Å². The van der Waals surface area contributed by atoms with Crippen LogP contribution in [0.2, 0.25) is 0 Å². The summed E-state index contributed by atoms with van der Waals surface area (Å²) in [6, 6.07) is 5.97. The lowest BCUT2D eigenvalue weighted by Crippen LogP contribution is -2.40. The third kappa shape index (κ3) is 2.39. The largest absolute Gasteiger partial charge is 0.358 e. The number of hydrogen-bond acceptors (Lipinski definition) is 2. The molecule has 0 amide bonds. The van der Waals surface area contributed by atoms with Gasteiger partial charge in [0.05, 0.1) is 0 Å². The van der Waals surface area contributed by atoms with Gasteiger partial charge in [-0.05, 0) is 48.9 Å². The molecule has 122 valence electrons. The molecule has 2 aliphatic heterocycles. The number of rotatable bonds is 3. The number of benzene rings is 1. The van der Waals surface area contributed by atoms with Crippen molar-refractivity contribution in [2.75, 3.05) is 26.2 Å². The summed E-state index contributed by atoms with van der Waals surface area (Å²) in [6.45, 7) is 5.74. The molecule has 3 aliphatic rings. The van der Waals surface area contributed by atoms with E-state index < -0.39 is 0 Å². The molecule has 4 heteroatoms. The van der Waals surface area contributed by atoms with Crippen molar-refractivity contribution in [2.45, 2.75) is 38.3 Å². The van der Waals surface area contributed by atoms with E-state index in [0.29, 0.717) is 0 Å². The van der Waals surface area contributed by atoms with Crippen molar-refractivity contribution < 1.29 is 4.39 Å². The topological polar surface area (TPSA) is 22.3 Å². The van der Waals surface area contributed by atoms with Gasteiger partial charge in [-0.25, -0.2) is 4.39 Å². The molecule has 1 aromatic carbocycles. The minimum absolute atomic E-state index is 0.135. The monoisotopic (exact) mass is 313 g/mol. The number of piperidine rings is 1. The molecule has 1 aromatic heterocycles. The first kappa shape index (κ1) is 14.0. The van der Waals surface area contributed by atoms with Gasteiger partial charge in [-0.3, -0.25) is 9.80 Å². The zero-order valence-corrected chi connectivity index (χ0v) is 13.5. The fraction of sp³-hybridized carbons (Fsp3) is 0.579. The number of fused-ring (bicyclic) bond motifs is 5. The number of aromatic nitrogens is 1. The molecule has 1 saturated carbocycles. The zero-order valence-electron chi connectivity index (χ0n) is 13.5. The number of nitrogens with one attached hydrogen (secondary N) is 1. The van der Waals surface area contributed by atoms with E-state index in [1.807, 2.05) is 6.07 Å². The molecule has 23 heavy (non-hydrogen) atoms. The maximum absolute atomic E-state index is 13.6. The van der Waals surface area contributed by atoms with Crippen molar-refractivity contribution in [1.29, 1.82) is 0 Å². The normalized spacial score (nSPS) is 27.9. The number of H-pyrrole nitrogens is 1. The minimum Gasteiger partial charge on any atom is -0.358 e. The molecular weight excluding hydrogens is 289 g/mol. The van der Waals surface area contributed by atoms with Crippen molar-refractivity contribution in [3.8, 4) is 0 Å². The number of hydrogen-bond donors (Lipinski definition) is 1. The van der Waals surface area contributed by atoms with Gasteiger partial charge in [0.2, 0.25) is 0 Å². The van der Waals surface area contributed by atoms with Gasteiger partial charge in [-0.1, -0.05) is 0 Å². The van der Waals surface area contributed by atoms with Crippen LogP contribution in [0.25, 0.3) is 10.9 Å². The molecule has 1 saturated heterocycles. The molecule has 2 atom stereocenters. The van der Waals surface area contributed by atoms with Gasteiger partial charge in [-0.2, -0.15) is 0 Å². The summed E-state index contributed by atoms with van der Waals surface area (Å²) in [5, 5.41) is 1.07. The van der Waals surface area contributed by atoms with Gasteiger partial charge >= 0.3 is 0 Å². The van der Waals surface area contributed by atoms with E-state index in [0.717, 1.165) is 48.9 Å². The number of halogens is 1. The molecule has 2 aromatic rings. The van der Waals surface area contributed by atoms with Gasteiger partial charge in [0.25, 0.3) is 0 Å². The molecule has 1 N–H and O–H groups in total. The predicted molar refractivity (Wildman–Crippen MR) is 89.9 cm³/mol. The standard InChI is InChI=1S/C19H24FN3/c20-14-2-4-18-16(10-14)17-12-22(6-5-19(17)21-18)7-8-23-11-13-1-3-15(23)9-13/h2,4,10,13,15,21H,1,3,5-9,11-12H2/t13-,15+/m0/s1. The highest BCUT2D eigenvalue weighted by molar-refractivity contribution is 5.84. The second-order valence-corrected chi connectivity index (χ2v) is 7.63. The summed E-state index contributed by atoms with van der Waals surface area (Å²) in [7, 11) is 0. The maximum atomic E-state index is 13.6. The van der Waals surface area contributed by atoms with Crippen molar-refractivity contribution in [3.05, 3.63) is 35.3 Å². The molecule has 3 nitrogen and oxygen atoms in total. The van der Waals surface area contributed by atoms with Crippen LogP contribution in [0.15, 0.2) is 18.2 Å². The fourth-order valence-corrected chi connectivity index (χ4v) is 5.00. The average molecular weight is 313 g/mol. The zero-order chi connectivity index (χ0) is 15.4. The highest BCUT2D eigenvalue weighted by atomic mass is 19.1. The van der Waals surface area contributed by atoms with Gasteiger partial charge in [-0.15, -0.1) is 0 Å². The van der Waals surface area contributed by atoms with Crippen LogP contribution in [-0.2, 0) is 13.0 Å². The average Bonchev–Trinajstić information content (AvgIpc) is 3.26. The Morgan fingerprint density at radius 3 is 3.00 bits per heavy atom. The molecule has 0 unspecified atom stereocenters. The van der Waals surface area contributed by atoms with Crippen LogP contribution in [0.1, 0.15) is 30.5 Å². The van der Waals surface area contributed by atoms with Crippen LogP contribution in [0, 0.1) is 11.7 Å². The Morgan fingerprint density at radius 1 is 1.22 bits per heavy atom. The van der Waals surface area contributed by atoms with Crippen LogP contribution in [0.5, 0.6) is 0 Å². The van der Waals surface area contributed by atoms with Gasteiger partial charge < -0.3 is 4.98 Å². The summed E-state index contributed by atoms with van der Waals surface area (Å²) < 4.78 is 13.6. The molecule has 1 aliphatic carbocycles. The molecule has 0 spiro atoms. The van der Waals surface area contributed by atoms with Crippen molar-refractivity contribution >= 4 is 10.9 Å². The molecule has 0 radical (unpaired) electrons. The Bertz CT molecular complexity index is 738. The van der Waals surface area contributed by atoms with E-state index in [-0.39, 0.29) is 5.82 Å². The number of likely N-dealkylation sites (tertiary alicyclic amines) is 1. The third-order valence-electron chi connectivity index (χ3n) is 6.24. The summed E-state index contributed by atoms with van der Waals surface area (Å²) in [5.74, 6) is 0.842. The summed E-state index contributed by atoms with van der Waals surface area (Å²) >= 11 is 0.